The standard InChI is InChI=1S/C20H14Cl2N2O3/c21-11-8-14(22)18-13(19(20(26)27)23-15(18)9-11)10-16-17(25)6-7-24(16)12-4-2-1-3-5-12/h1-5,8-10,23H,6-7H2,(H,26,27)/b16-10+. The Hall–Kier alpha value is -2.76. The molecule has 0 spiro atoms. The number of nitrogens with one attached hydrogen (secondary N) is 1. The summed E-state index contributed by atoms with van der Waals surface area (Å²) in [6.45, 7) is 0.541. The van der Waals surface area contributed by atoms with Gasteiger partial charge in [-0.2, -0.15) is 0 Å². The third-order valence-electron chi connectivity index (χ3n) is 4.56. The molecule has 2 aromatic carbocycles. The van der Waals surface area contributed by atoms with Crippen molar-refractivity contribution in [3.8, 4) is 0 Å². The number of aromatic amines is 1. The van der Waals surface area contributed by atoms with E-state index in [0.717, 1.165) is 5.69 Å². The lowest BCUT2D eigenvalue weighted by atomic mass is 10.1. The fourth-order valence-corrected chi connectivity index (χ4v) is 3.96. The van der Waals surface area contributed by atoms with Crippen molar-refractivity contribution < 1.29 is 14.7 Å². The molecule has 1 aromatic heterocycles. The van der Waals surface area contributed by atoms with Crippen LogP contribution < -0.4 is 4.90 Å². The number of allylic oxidation sites excluding steroid dienone is 1. The first-order chi connectivity index (χ1) is 13.0. The highest BCUT2D eigenvalue weighted by atomic mass is 35.5. The fraction of sp³-hybridized carbons (Fsp3) is 0.100. The molecule has 27 heavy (non-hydrogen) atoms. The first kappa shape index (κ1) is 17.6. The van der Waals surface area contributed by atoms with Gasteiger partial charge in [-0.25, -0.2) is 4.79 Å². The summed E-state index contributed by atoms with van der Waals surface area (Å²) in [5.74, 6) is -1.18. The number of hydrogen-bond donors (Lipinski definition) is 2. The average molecular weight is 401 g/mol. The fourth-order valence-electron chi connectivity index (χ4n) is 3.37. The number of para-hydroxylation sites is 1. The normalized spacial score (nSPS) is 15.9. The smallest absolute Gasteiger partial charge is 0.352 e. The summed E-state index contributed by atoms with van der Waals surface area (Å²) in [6.07, 6.45) is 1.97. The molecule has 2 heterocycles. The molecule has 2 N–H and O–H groups in total. The third kappa shape index (κ3) is 3.09. The molecule has 0 saturated carbocycles. The maximum Gasteiger partial charge on any atom is 0.352 e. The van der Waals surface area contributed by atoms with Crippen molar-refractivity contribution in [1.29, 1.82) is 0 Å². The molecule has 1 aliphatic heterocycles. The van der Waals surface area contributed by atoms with Gasteiger partial charge in [0.25, 0.3) is 0 Å². The zero-order valence-corrected chi connectivity index (χ0v) is 15.5. The number of carboxylic acids is 1. The average Bonchev–Trinajstić information content (AvgIpc) is 3.17. The maximum absolute atomic E-state index is 12.5. The molecule has 136 valence electrons. The van der Waals surface area contributed by atoms with Crippen molar-refractivity contribution in [3.63, 3.8) is 0 Å². The highest BCUT2D eigenvalue weighted by molar-refractivity contribution is 6.39. The van der Waals surface area contributed by atoms with E-state index in [1.54, 1.807) is 18.2 Å². The van der Waals surface area contributed by atoms with Gasteiger partial charge < -0.3 is 15.0 Å². The Balaban J connectivity index is 1.94. The first-order valence-corrected chi connectivity index (χ1v) is 9.03. The molecule has 1 aliphatic rings. The Labute approximate surface area is 164 Å². The molecule has 0 bridgehead atoms. The summed E-state index contributed by atoms with van der Waals surface area (Å²) in [5.41, 5.74) is 2.16. The molecule has 0 unspecified atom stereocenters. The minimum Gasteiger partial charge on any atom is -0.477 e. The van der Waals surface area contributed by atoms with Crippen molar-refractivity contribution in [2.75, 3.05) is 11.4 Å². The number of hydrogen-bond acceptors (Lipinski definition) is 3. The summed E-state index contributed by atoms with van der Waals surface area (Å²) in [6, 6.07) is 12.7. The number of aromatic carboxylic acids is 1. The van der Waals surface area contributed by atoms with Crippen LogP contribution in [-0.4, -0.2) is 28.4 Å². The van der Waals surface area contributed by atoms with Gasteiger partial charge >= 0.3 is 5.97 Å². The zero-order chi connectivity index (χ0) is 19.1. The van der Waals surface area contributed by atoms with Crippen molar-refractivity contribution in [1.82, 2.24) is 4.98 Å². The van der Waals surface area contributed by atoms with E-state index in [-0.39, 0.29) is 11.5 Å². The van der Waals surface area contributed by atoms with Crippen LogP contribution in [0.15, 0.2) is 48.2 Å². The van der Waals surface area contributed by atoms with Crippen molar-refractivity contribution in [2.45, 2.75) is 6.42 Å². The van der Waals surface area contributed by atoms with Crippen molar-refractivity contribution in [2.24, 2.45) is 0 Å². The zero-order valence-electron chi connectivity index (χ0n) is 14.0. The molecule has 4 rings (SSSR count). The SMILES string of the molecule is O=C1CCN(c2ccccc2)/C1=C/c1c(C(=O)O)[nH]c2cc(Cl)cc(Cl)c12. The van der Waals surface area contributed by atoms with Gasteiger partial charge in [0, 0.05) is 40.1 Å². The van der Waals surface area contributed by atoms with E-state index in [4.69, 9.17) is 23.2 Å². The van der Waals surface area contributed by atoms with Crippen LogP contribution in [-0.2, 0) is 4.79 Å². The Morgan fingerprint density at radius 2 is 1.93 bits per heavy atom. The minimum atomic E-state index is -1.14. The van der Waals surface area contributed by atoms with Gasteiger partial charge in [-0.3, -0.25) is 4.79 Å². The highest BCUT2D eigenvalue weighted by Crippen LogP contribution is 2.36. The van der Waals surface area contributed by atoms with E-state index >= 15 is 0 Å². The van der Waals surface area contributed by atoms with Crippen molar-refractivity contribution >= 4 is 57.6 Å². The second-order valence-corrected chi connectivity index (χ2v) is 7.06. The Morgan fingerprint density at radius 1 is 1.19 bits per heavy atom. The van der Waals surface area contributed by atoms with E-state index in [1.807, 2.05) is 35.2 Å². The predicted molar refractivity (Wildman–Crippen MR) is 107 cm³/mol. The summed E-state index contributed by atoms with van der Waals surface area (Å²) in [7, 11) is 0. The monoisotopic (exact) mass is 400 g/mol. The lowest BCUT2D eigenvalue weighted by Crippen LogP contribution is -2.17. The molecule has 0 aliphatic carbocycles. The molecule has 3 aromatic rings. The van der Waals surface area contributed by atoms with E-state index in [0.29, 0.717) is 45.2 Å². The third-order valence-corrected chi connectivity index (χ3v) is 5.07. The number of carboxylic acid groups (broad SMARTS) is 1. The van der Waals surface area contributed by atoms with E-state index in [9.17, 15) is 14.7 Å². The van der Waals surface area contributed by atoms with Crippen LogP contribution in [0.5, 0.6) is 0 Å². The molecule has 0 amide bonds. The van der Waals surface area contributed by atoms with Crippen LogP contribution in [0.1, 0.15) is 22.5 Å². The quantitative estimate of drug-likeness (QED) is 0.607. The lowest BCUT2D eigenvalue weighted by Gasteiger charge is -2.19. The van der Waals surface area contributed by atoms with Gasteiger partial charge in [-0.15, -0.1) is 0 Å². The minimum absolute atomic E-state index is 0.0330. The first-order valence-electron chi connectivity index (χ1n) is 8.27. The number of anilines is 1. The summed E-state index contributed by atoms with van der Waals surface area (Å²) in [5, 5.41) is 10.9. The summed E-state index contributed by atoms with van der Waals surface area (Å²) >= 11 is 12.4. The number of benzene rings is 2. The topological polar surface area (TPSA) is 73.4 Å². The molecule has 7 heteroatoms. The van der Waals surface area contributed by atoms with Gasteiger partial charge in [-0.1, -0.05) is 41.4 Å². The molecular weight excluding hydrogens is 387 g/mol. The van der Waals surface area contributed by atoms with Gasteiger partial charge in [0.1, 0.15) is 5.69 Å². The number of aromatic nitrogens is 1. The number of Topliss-reactive ketones (excluding diaryl/α,β-unsaturated/α-hetero) is 1. The largest absolute Gasteiger partial charge is 0.477 e. The van der Waals surface area contributed by atoms with Gasteiger partial charge in [-0.05, 0) is 30.3 Å². The van der Waals surface area contributed by atoms with Gasteiger partial charge in [0.05, 0.1) is 10.7 Å². The van der Waals surface area contributed by atoms with E-state index in [2.05, 4.69) is 4.98 Å². The Kier molecular flexibility index (Phi) is 4.42. The van der Waals surface area contributed by atoms with Gasteiger partial charge in [0.15, 0.2) is 5.78 Å². The van der Waals surface area contributed by atoms with Crippen LogP contribution in [0.25, 0.3) is 17.0 Å². The Morgan fingerprint density at radius 3 is 2.63 bits per heavy atom. The molecule has 5 nitrogen and oxygen atoms in total. The van der Waals surface area contributed by atoms with Crippen LogP contribution in [0.2, 0.25) is 10.0 Å². The molecule has 0 radical (unpaired) electrons. The van der Waals surface area contributed by atoms with Crippen LogP contribution in [0, 0.1) is 0 Å². The number of halogens is 2. The molecule has 1 fully saturated rings. The second-order valence-electron chi connectivity index (χ2n) is 6.22. The number of ketones is 1. The number of H-pyrrole nitrogens is 1. The number of rotatable bonds is 3. The summed E-state index contributed by atoms with van der Waals surface area (Å²) in [4.78, 5) is 29.0. The number of carbonyl (C=O) groups is 2. The van der Waals surface area contributed by atoms with E-state index < -0.39 is 5.97 Å². The number of fused-ring (bicyclic) bond motifs is 1. The number of carbonyl (C=O) groups excluding carboxylic acids is 1. The van der Waals surface area contributed by atoms with Crippen molar-refractivity contribution in [3.05, 3.63) is 69.5 Å². The molecule has 0 atom stereocenters. The van der Waals surface area contributed by atoms with Crippen LogP contribution >= 0.6 is 23.2 Å². The maximum atomic E-state index is 12.5. The highest BCUT2D eigenvalue weighted by Gasteiger charge is 2.28. The Bertz CT molecular complexity index is 1100. The lowest BCUT2D eigenvalue weighted by molar-refractivity contribution is -0.114. The molecule has 1 saturated heterocycles. The van der Waals surface area contributed by atoms with Gasteiger partial charge in [0.2, 0.25) is 0 Å². The van der Waals surface area contributed by atoms with Crippen LogP contribution in [0.3, 0.4) is 0 Å². The molecular formula is C20H14Cl2N2O3. The predicted octanol–water partition coefficient (Wildman–Crippen LogP) is 4.99. The number of nitrogens with zero attached hydrogens (tertiary/aromatic N) is 1. The second kappa shape index (κ2) is 6.76. The van der Waals surface area contributed by atoms with E-state index in [1.165, 1.54) is 0 Å². The van der Waals surface area contributed by atoms with Crippen LogP contribution in [0.4, 0.5) is 5.69 Å². The summed E-state index contributed by atoms with van der Waals surface area (Å²) < 4.78 is 0.